The first-order chi connectivity index (χ1) is 12.9. The van der Waals surface area contributed by atoms with Crippen molar-refractivity contribution in [3.8, 4) is 11.5 Å². The normalized spacial score (nSPS) is 14.3. The Morgan fingerprint density at radius 1 is 1.07 bits per heavy atom. The molecule has 1 amide bonds. The summed E-state index contributed by atoms with van der Waals surface area (Å²) >= 11 is 6.02. The standard InChI is InChI=1S/C18H19ClN2O5S/c1-25-16-8-6-13(11-14(16)19)27(23,24)20-12-5-7-15(17(10-12)26-2)21-9-3-4-18(21)22/h5-8,10-11,20H,3-4,9H2,1-2H3. The number of halogens is 1. The lowest BCUT2D eigenvalue weighted by molar-refractivity contribution is -0.117. The molecule has 0 aliphatic carbocycles. The number of carbonyl (C=O) groups is 1. The molecule has 144 valence electrons. The topological polar surface area (TPSA) is 84.9 Å². The smallest absolute Gasteiger partial charge is 0.261 e. The van der Waals surface area contributed by atoms with Gasteiger partial charge in [0.05, 0.1) is 35.5 Å². The van der Waals surface area contributed by atoms with Crippen LogP contribution in [-0.4, -0.2) is 35.1 Å². The van der Waals surface area contributed by atoms with Crippen molar-refractivity contribution in [2.24, 2.45) is 0 Å². The van der Waals surface area contributed by atoms with E-state index >= 15 is 0 Å². The number of nitrogens with one attached hydrogen (secondary N) is 1. The number of amides is 1. The summed E-state index contributed by atoms with van der Waals surface area (Å²) in [6.45, 7) is 0.616. The Hall–Kier alpha value is -2.45. The van der Waals surface area contributed by atoms with Crippen molar-refractivity contribution < 1.29 is 22.7 Å². The first-order valence-electron chi connectivity index (χ1n) is 8.20. The number of rotatable bonds is 6. The van der Waals surface area contributed by atoms with Gasteiger partial charge < -0.3 is 14.4 Å². The molecule has 0 bridgehead atoms. The molecule has 1 saturated heterocycles. The fourth-order valence-corrected chi connectivity index (χ4v) is 4.29. The summed E-state index contributed by atoms with van der Waals surface area (Å²) in [5, 5.41) is 0.195. The fraction of sp³-hybridized carbons (Fsp3) is 0.278. The van der Waals surface area contributed by atoms with Crippen LogP contribution in [0.1, 0.15) is 12.8 Å². The molecule has 1 fully saturated rings. The maximum atomic E-state index is 12.6. The molecule has 7 nitrogen and oxygen atoms in total. The quantitative estimate of drug-likeness (QED) is 0.789. The van der Waals surface area contributed by atoms with Gasteiger partial charge in [-0.2, -0.15) is 0 Å². The lowest BCUT2D eigenvalue weighted by atomic mass is 10.2. The molecule has 0 saturated carbocycles. The second kappa shape index (κ2) is 7.66. The van der Waals surface area contributed by atoms with Gasteiger partial charge in [-0.25, -0.2) is 8.42 Å². The zero-order valence-corrected chi connectivity index (χ0v) is 16.4. The van der Waals surface area contributed by atoms with Crippen molar-refractivity contribution in [1.29, 1.82) is 0 Å². The number of benzene rings is 2. The van der Waals surface area contributed by atoms with Crippen LogP contribution in [-0.2, 0) is 14.8 Å². The average Bonchev–Trinajstić information content (AvgIpc) is 3.07. The van der Waals surface area contributed by atoms with E-state index in [0.717, 1.165) is 6.42 Å². The van der Waals surface area contributed by atoms with Crippen LogP contribution in [0.2, 0.25) is 5.02 Å². The third-order valence-corrected chi connectivity index (χ3v) is 5.90. The van der Waals surface area contributed by atoms with E-state index in [-0.39, 0.29) is 15.8 Å². The Morgan fingerprint density at radius 2 is 1.81 bits per heavy atom. The molecule has 2 aromatic rings. The van der Waals surface area contributed by atoms with E-state index in [4.69, 9.17) is 21.1 Å². The summed E-state index contributed by atoms with van der Waals surface area (Å²) in [6, 6.07) is 9.01. The van der Waals surface area contributed by atoms with Gasteiger partial charge in [0.2, 0.25) is 5.91 Å². The van der Waals surface area contributed by atoms with Gasteiger partial charge in [-0.1, -0.05) is 11.6 Å². The first kappa shape index (κ1) is 19.3. The minimum atomic E-state index is -3.85. The van der Waals surface area contributed by atoms with Crippen molar-refractivity contribution in [1.82, 2.24) is 0 Å². The van der Waals surface area contributed by atoms with Crippen LogP contribution >= 0.6 is 11.6 Å². The van der Waals surface area contributed by atoms with Gasteiger partial charge in [0.1, 0.15) is 11.5 Å². The van der Waals surface area contributed by atoms with E-state index in [1.54, 1.807) is 23.1 Å². The molecule has 1 heterocycles. The van der Waals surface area contributed by atoms with E-state index in [2.05, 4.69) is 4.72 Å². The van der Waals surface area contributed by atoms with Crippen LogP contribution in [0.5, 0.6) is 11.5 Å². The van der Waals surface area contributed by atoms with E-state index in [1.165, 1.54) is 32.4 Å². The molecule has 2 aromatic carbocycles. The maximum Gasteiger partial charge on any atom is 0.261 e. The number of hydrogen-bond donors (Lipinski definition) is 1. The second-order valence-corrected chi connectivity index (χ2v) is 8.03. The number of nitrogens with zero attached hydrogens (tertiary/aromatic N) is 1. The zero-order chi connectivity index (χ0) is 19.6. The predicted molar refractivity (Wildman–Crippen MR) is 103 cm³/mol. The van der Waals surface area contributed by atoms with Crippen LogP contribution in [0.25, 0.3) is 0 Å². The van der Waals surface area contributed by atoms with Crippen molar-refractivity contribution in [3.63, 3.8) is 0 Å². The monoisotopic (exact) mass is 410 g/mol. The molecule has 0 unspecified atom stereocenters. The average molecular weight is 411 g/mol. The Balaban J connectivity index is 1.88. The van der Waals surface area contributed by atoms with E-state index < -0.39 is 10.0 Å². The van der Waals surface area contributed by atoms with Crippen LogP contribution in [0.15, 0.2) is 41.3 Å². The van der Waals surface area contributed by atoms with Crippen LogP contribution < -0.4 is 19.1 Å². The predicted octanol–water partition coefficient (Wildman–Crippen LogP) is 3.28. The van der Waals surface area contributed by atoms with Gasteiger partial charge in [0.25, 0.3) is 10.0 Å². The van der Waals surface area contributed by atoms with Crippen molar-refractivity contribution in [3.05, 3.63) is 41.4 Å². The number of sulfonamides is 1. The summed E-state index contributed by atoms with van der Waals surface area (Å²) in [5.41, 5.74) is 0.935. The maximum absolute atomic E-state index is 12.6. The molecule has 3 rings (SSSR count). The van der Waals surface area contributed by atoms with Crippen molar-refractivity contribution in [2.75, 3.05) is 30.4 Å². The summed E-state index contributed by atoms with van der Waals surface area (Å²) in [7, 11) is -0.930. The second-order valence-electron chi connectivity index (χ2n) is 5.94. The molecule has 1 N–H and O–H groups in total. The van der Waals surface area contributed by atoms with Gasteiger partial charge in [0.15, 0.2) is 0 Å². The fourth-order valence-electron chi connectivity index (χ4n) is 2.90. The van der Waals surface area contributed by atoms with Gasteiger partial charge in [-0.05, 0) is 36.8 Å². The molecule has 0 spiro atoms. The molecule has 0 atom stereocenters. The first-order valence-corrected chi connectivity index (χ1v) is 10.1. The summed E-state index contributed by atoms with van der Waals surface area (Å²) in [4.78, 5) is 13.6. The Labute approximate surface area is 162 Å². The highest BCUT2D eigenvalue weighted by Gasteiger charge is 2.25. The summed E-state index contributed by atoms with van der Waals surface area (Å²) < 4.78 is 38.1. The molecular formula is C18H19ClN2O5S. The third kappa shape index (κ3) is 3.96. The lowest BCUT2D eigenvalue weighted by Crippen LogP contribution is -2.24. The number of carbonyl (C=O) groups excluding carboxylic acids is 1. The Bertz CT molecular complexity index is 978. The van der Waals surface area contributed by atoms with Gasteiger partial charge in [-0.15, -0.1) is 0 Å². The van der Waals surface area contributed by atoms with Gasteiger partial charge in [0, 0.05) is 19.0 Å². The Morgan fingerprint density at radius 3 is 2.41 bits per heavy atom. The minimum absolute atomic E-state index is 0.00561. The van der Waals surface area contributed by atoms with E-state index in [9.17, 15) is 13.2 Å². The van der Waals surface area contributed by atoms with Crippen LogP contribution in [0, 0.1) is 0 Å². The molecule has 0 aromatic heterocycles. The lowest BCUT2D eigenvalue weighted by Gasteiger charge is -2.20. The highest BCUT2D eigenvalue weighted by atomic mass is 35.5. The number of hydrogen-bond acceptors (Lipinski definition) is 5. The zero-order valence-electron chi connectivity index (χ0n) is 14.9. The third-order valence-electron chi connectivity index (χ3n) is 4.23. The number of methoxy groups -OCH3 is 2. The van der Waals surface area contributed by atoms with Gasteiger partial charge in [-0.3, -0.25) is 9.52 Å². The highest BCUT2D eigenvalue weighted by Crippen LogP contribution is 2.35. The van der Waals surface area contributed by atoms with Crippen molar-refractivity contribution in [2.45, 2.75) is 17.7 Å². The molecule has 1 aliphatic heterocycles. The minimum Gasteiger partial charge on any atom is -0.495 e. The number of anilines is 2. The Kier molecular flexibility index (Phi) is 5.48. The molecule has 27 heavy (non-hydrogen) atoms. The molecule has 0 radical (unpaired) electrons. The van der Waals surface area contributed by atoms with Gasteiger partial charge >= 0.3 is 0 Å². The number of ether oxygens (including phenoxy) is 2. The highest BCUT2D eigenvalue weighted by molar-refractivity contribution is 7.92. The van der Waals surface area contributed by atoms with E-state index in [1.807, 2.05) is 0 Å². The SMILES string of the molecule is COc1ccc(S(=O)(=O)Nc2ccc(N3CCCC3=O)c(OC)c2)cc1Cl. The molecule has 1 aliphatic rings. The summed E-state index contributed by atoms with van der Waals surface area (Å²) in [6.07, 6.45) is 1.28. The van der Waals surface area contributed by atoms with Crippen molar-refractivity contribution >= 4 is 38.9 Å². The van der Waals surface area contributed by atoms with E-state index in [0.29, 0.717) is 35.8 Å². The van der Waals surface area contributed by atoms with Crippen LogP contribution in [0.4, 0.5) is 11.4 Å². The summed E-state index contributed by atoms with van der Waals surface area (Å²) in [5.74, 6) is 0.824. The molecular weight excluding hydrogens is 392 g/mol. The molecule has 9 heteroatoms. The van der Waals surface area contributed by atoms with Crippen LogP contribution in [0.3, 0.4) is 0 Å². The largest absolute Gasteiger partial charge is 0.495 e.